The van der Waals surface area contributed by atoms with Gasteiger partial charge in [-0.3, -0.25) is 14.6 Å². The van der Waals surface area contributed by atoms with Crippen molar-refractivity contribution in [2.45, 2.75) is 26.7 Å². The van der Waals surface area contributed by atoms with Crippen LogP contribution in [0.15, 0.2) is 42.5 Å². The van der Waals surface area contributed by atoms with E-state index in [0.717, 1.165) is 28.6 Å². The molecule has 0 radical (unpaired) electrons. The summed E-state index contributed by atoms with van der Waals surface area (Å²) in [5.41, 5.74) is 4.33. The fourth-order valence-corrected chi connectivity index (χ4v) is 3.67. The Balaban J connectivity index is 1.66. The van der Waals surface area contributed by atoms with Crippen LogP contribution in [0.4, 0.5) is 11.4 Å². The largest absolute Gasteiger partial charge is 0.321 e. The maximum Gasteiger partial charge on any atom is 0.257 e. The smallest absolute Gasteiger partial charge is 0.257 e. The van der Waals surface area contributed by atoms with Gasteiger partial charge in [0.15, 0.2) is 0 Å². The second-order valence-corrected chi connectivity index (χ2v) is 7.49. The monoisotopic (exact) mass is 393 g/mol. The number of hydrogen-bond acceptors (Lipinski definition) is 3. The molecule has 1 aromatic heterocycles. The van der Waals surface area contributed by atoms with Crippen molar-refractivity contribution in [1.82, 2.24) is 4.98 Å². The van der Waals surface area contributed by atoms with Crippen molar-refractivity contribution < 1.29 is 9.59 Å². The molecule has 3 aromatic rings. The molecule has 0 aliphatic carbocycles. The Bertz CT molecular complexity index is 1110. The summed E-state index contributed by atoms with van der Waals surface area (Å²) in [6.45, 7) is 4.50. The Morgan fingerprint density at radius 2 is 1.96 bits per heavy atom. The first-order chi connectivity index (χ1) is 13.4. The minimum absolute atomic E-state index is 0.0875. The first-order valence-corrected chi connectivity index (χ1v) is 9.59. The average Bonchev–Trinajstić information content (AvgIpc) is 3.09. The van der Waals surface area contributed by atoms with E-state index < -0.39 is 0 Å². The van der Waals surface area contributed by atoms with Gasteiger partial charge < -0.3 is 10.2 Å². The van der Waals surface area contributed by atoms with Crippen LogP contribution in [0.1, 0.15) is 34.5 Å². The Kier molecular flexibility index (Phi) is 4.77. The number of rotatable bonds is 3. The molecule has 1 fully saturated rings. The van der Waals surface area contributed by atoms with Crippen molar-refractivity contribution in [3.8, 4) is 0 Å². The van der Waals surface area contributed by atoms with E-state index in [1.165, 1.54) is 0 Å². The van der Waals surface area contributed by atoms with E-state index in [1.807, 2.05) is 38.1 Å². The molecule has 28 heavy (non-hydrogen) atoms. The van der Waals surface area contributed by atoms with Crippen LogP contribution in [-0.4, -0.2) is 23.3 Å². The van der Waals surface area contributed by atoms with Crippen molar-refractivity contribution in [2.75, 3.05) is 16.8 Å². The molecule has 1 N–H and O–H groups in total. The molecule has 1 saturated heterocycles. The molecule has 1 aliphatic rings. The molecule has 2 amide bonds. The molecule has 2 aromatic carbocycles. The third kappa shape index (κ3) is 3.45. The number of nitrogens with one attached hydrogen (secondary N) is 1. The molecule has 6 heteroatoms. The fraction of sp³-hybridized carbons (Fsp3) is 0.227. The average molecular weight is 394 g/mol. The van der Waals surface area contributed by atoms with Gasteiger partial charge in [-0.2, -0.15) is 0 Å². The Morgan fingerprint density at radius 1 is 1.14 bits per heavy atom. The van der Waals surface area contributed by atoms with Crippen molar-refractivity contribution in [3.05, 3.63) is 64.3 Å². The normalized spacial score (nSPS) is 14.0. The summed E-state index contributed by atoms with van der Waals surface area (Å²) in [5, 5.41) is 4.21. The number of nitrogens with zero attached hydrogens (tertiary/aromatic N) is 2. The van der Waals surface area contributed by atoms with Gasteiger partial charge in [0.2, 0.25) is 5.91 Å². The quantitative estimate of drug-likeness (QED) is 0.689. The number of benzene rings is 2. The van der Waals surface area contributed by atoms with Crippen molar-refractivity contribution in [3.63, 3.8) is 0 Å². The second-order valence-electron chi connectivity index (χ2n) is 7.08. The summed E-state index contributed by atoms with van der Waals surface area (Å²) in [7, 11) is 0. The molecule has 0 atom stereocenters. The highest BCUT2D eigenvalue weighted by Crippen LogP contribution is 2.30. The predicted octanol–water partition coefficient (Wildman–Crippen LogP) is 4.88. The van der Waals surface area contributed by atoms with Gasteiger partial charge in [0.25, 0.3) is 5.91 Å². The van der Waals surface area contributed by atoms with Gasteiger partial charge in [0.05, 0.1) is 27.5 Å². The van der Waals surface area contributed by atoms with E-state index in [9.17, 15) is 9.59 Å². The maximum atomic E-state index is 12.9. The van der Waals surface area contributed by atoms with E-state index >= 15 is 0 Å². The van der Waals surface area contributed by atoms with Crippen molar-refractivity contribution in [2.24, 2.45) is 0 Å². The molecular formula is C22H20ClN3O2. The molecule has 0 bridgehead atoms. The number of hydrogen-bond donors (Lipinski definition) is 1. The molecule has 142 valence electrons. The highest BCUT2D eigenvalue weighted by Gasteiger charge is 2.23. The third-order valence-corrected chi connectivity index (χ3v) is 5.32. The maximum absolute atomic E-state index is 12.9. The van der Waals surface area contributed by atoms with Gasteiger partial charge in [-0.25, -0.2) is 0 Å². The lowest BCUT2D eigenvalue weighted by Gasteiger charge is -2.18. The van der Waals surface area contributed by atoms with E-state index in [1.54, 1.807) is 23.1 Å². The summed E-state index contributed by atoms with van der Waals surface area (Å²) >= 11 is 6.29. The van der Waals surface area contributed by atoms with E-state index in [0.29, 0.717) is 34.9 Å². The Morgan fingerprint density at radius 3 is 2.71 bits per heavy atom. The standard InChI is InChI=1S/C22H20ClN3O2/c1-13-5-8-19-15(10-13)11-17(14(2)24-19)22(28)25-20-12-16(6-7-18(20)23)26-9-3-4-21(26)27/h5-8,10-12H,3-4,9H2,1-2H3,(H,25,28). The van der Waals surface area contributed by atoms with Crippen LogP contribution in [0.2, 0.25) is 5.02 Å². The Labute approximate surface area is 168 Å². The van der Waals surface area contributed by atoms with Crippen LogP contribution in [0.25, 0.3) is 10.9 Å². The van der Waals surface area contributed by atoms with Gasteiger partial charge in [0, 0.05) is 24.0 Å². The lowest BCUT2D eigenvalue weighted by Crippen LogP contribution is -2.24. The van der Waals surface area contributed by atoms with Crippen molar-refractivity contribution in [1.29, 1.82) is 0 Å². The minimum Gasteiger partial charge on any atom is -0.321 e. The number of aromatic nitrogens is 1. The van der Waals surface area contributed by atoms with Gasteiger partial charge in [-0.05, 0) is 56.7 Å². The van der Waals surface area contributed by atoms with E-state index in [-0.39, 0.29) is 11.8 Å². The number of amides is 2. The number of anilines is 2. The van der Waals surface area contributed by atoms with Crippen LogP contribution >= 0.6 is 11.6 Å². The number of fused-ring (bicyclic) bond motifs is 1. The van der Waals surface area contributed by atoms with Gasteiger partial charge in [-0.15, -0.1) is 0 Å². The predicted molar refractivity (Wildman–Crippen MR) is 112 cm³/mol. The number of carbonyl (C=O) groups excluding carboxylic acids is 2. The fourth-order valence-electron chi connectivity index (χ4n) is 3.51. The number of pyridine rings is 1. The van der Waals surface area contributed by atoms with E-state index in [4.69, 9.17) is 11.6 Å². The van der Waals surface area contributed by atoms with Crippen LogP contribution in [0.3, 0.4) is 0 Å². The molecule has 0 saturated carbocycles. The number of carbonyl (C=O) groups is 2. The minimum atomic E-state index is -0.278. The van der Waals surface area contributed by atoms with Crippen LogP contribution < -0.4 is 10.2 Å². The highest BCUT2D eigenvalue weighted by molar-refractivity contribution is 6.34. The molecule has 4 rings (SSSR count). The number of aryl methyl sites for hydroxylation is 2. The van der Waals surface area contributed by atoms with Crippen molar-refractivity contribution >= 4 is 45.7 Å². The van der Waals surface area contributed by atoms with Gasteiger partial charge in [0.1, 0.15) is 0 Å². The summed E-state index contributed by atoms with van der Waals surface area (Å²) in [6.07, 6.45) is 1.39. The zero-order valence-electron chi connectivity index (χ0n) is 15.8. The Hall–Kier alpha value is -2.92. The molecule has 5 nitrogen and oxygen atoms in total. The summed E-state index contributed by atoms with van der Waals surface area (Å²) in [6, 6.07) is 13.1. The van der Waals surface area contributed by atoms with Crippen LogP contribution in [0.5, 0.6) is 0 Å². The topological polar surface area (TPSA) is 62.3 Å². The van der Waals surface area contributed by atoms with Crippen LogP contribution in [-0.2, 0) is 4.79 Å². The van der Waals surface area contributed by atoms with Gasteiger partial charge in [-0.1, -0.05) is 23.2 Å². The summed E-state index contributed by atoms with van der Waals surface area (Å²) < 4.78 is 0. The molecular weight excluding hydrogens is 374 g/mol. The lowest BCUT2D eigenvalue weighted by atomic mass is 10.1. The summed E-state index contributed by atoms with van der Waals surface area (Å²) in [4.78, 5) is 31.2. The highest BCUT2D eigenvalue weighted by atomic mass is 35.5. The second kappa shape index (κ2) is 7.24. The third-order valence-electron chi connectivity index (χ3n) is 4.99. The van der Waals surface area contributed by atoms with Gasteiger partial charge >= 0.3 is 0 Å². The first-order valence-electron chi connectivity index (χ1n) is 9.21. The molecule has 0 unspecified atom stereocenters. The SMILES string of the molecule is Cc1ccc2nc(C)c(C(=O)Nc3cc(N4CCCC4=O)ccc3Cl)cc2c1. The summed E-state index contributed by atoms with van der Waals surface area (Å²) in [5.74, 6) is -0.190. The van der Waals surface area contributed by atoms with Crippen LogP contribution in [0, 0.1) is 13.8 Å². The zero-order valence-corrected chi connectivity index (χ0v) is 16.5. The molecule has 2 heterocycles. The first kappa shape index (κ1) is 18.4. The molecule has 0 spiro atoms. The number of halogens is 1. The lowest BCUT2D eigenvalue weighted by molar-refractivity contribution is -0.117. The van der Waals surface area contributed by atoms with E-state index in [2.05, 4.69) is 10.3 Å². The molecule has 1 aliphatic heterocycles. The zero-order chi connectivity index (χ0) is 19.8.